The lowest BCUT2D eigenvalue weighted by atomic mass is 9.89. The first-order valence-corrected chi connectivity index (χ1v) is 8.45. The summed E-state index contributed by atoms with van der Waals surface area (Å²) >= 11 is 0. The van der Waals surface area contributed by atoms with E-state index in [1.807, 2.05) is 6.07 Å². The van der Waals surface area contributed by atoms with Crippen molar-refractivity contribution in [3.8, 4) is 11.5 Å². The fraction of sp³-hybridized carbons (Fsp3) is 0.400. The number of aryl methyl sites for hydroxylation is 1. The molecule has 0 radical (unpaired) electrons. The highest BCUT2D eigenvalue weighted by molar-refractivity contribution is 5.86. The highest BCUT2D eigenvalue weighted by atomic mass is 16.3. The second-order valence-corrected chi connectivity index (χ2v) is 6.68. The Labute approximate surface area is 131 Å². The number of hydrogen-bond acceptors (Lipinski definition) is 1. The summed E-state index contributed by atoms with van der Waals surface area (Å²) in [6.07, 6.45) is 8.68. The summed E-state index contributed by atoms with van der Waals surface area (Å²) in [4.78, 5) is 0. The number of hydrogen-bond donors (Lipinski definition) is 0. The van der Waals surface area contributed by atoms with Crippen LogP contribution in [-0.4, -0.2) is 4.57 Å². The molecule has 1 aromatic carbocycles. The van der Waals surface area contributed by atoms with Crippen LogP contribution in [0.3, 0.4) is 0 Å². The summed E-state index contributed by atoms with van der Waals surface area (Å²) in [6.45, 7) is 3.27. The van der Waals surface area contributed by atoms with Gasteiger partial charge in [-0.3, -0.25) is 0 Å². The van der Waals surface area contributed by atoms with Crippen molar-refractivity contribution in [3.63, 3.8) is 0 Å². The van der Waals surface area contributed by atoms with E-state index in [2.05, 4.69) is 41.8 Å². The highest BCUT2D eigenvalue weighted by Crippen LogP contribution is 2.33. The van der Waals surface area contributed by atoms with Crippen LogP contribution in [0.4, 0.5) is 0 Å². The molecule has 22 heavy (non-hydrogen) atoms. The van der Waals surface area contributed by atoms with Crippen molar-refractivity contribution in [2.24, 2.45) is 5.92 Å². The standard InChI is InChI=1S/C20H23NO/c1-15-9-10-18-17(12-15)13-19(20-8-5-11-22-20)21(18)14-16-6-3-2-4-7-16/h5,8-13,16H,2-4,6-7,14H2,1H3. The van der Waals surface area contributed by atoms with Crippen LogP contribution in [0, 0.1) is 12.8 Å². The summed E-state index contributed by atoms with van der Waals surface area (Å²) in [5.74, 6) is 1.78. The second kappa shape index (κ2) is 5.68. The topological polar surface area (TPSA) is 18.1 Å². The quantitative estimate of drug-likeness (QED) is 0.597. The van der Waals surface area contributed by atoms with Crippen LogP contribution in [0.5, 0.6) is 0 Å². The van der Waals surface area contributed by atoms with E-state index in [4.69, 9.17) is 4.42 Å². The van der Waals surface area contributed by atoms with Gasteiger partial charge in [-0.1, -0.05) is 30.9 Å². The van der Waals surface area contributed by atoms with Gasteiger partial charge in [0.1, 0.15) is 5.76 Å². The van der Waals surface area contributed by atoms with Gasteiger partial charge in [-0.05, 0) is 56.0 Å². The Bertz CT molecular complexity index is 760. The number of nitrogens with zero attached hydrogens (tertiary/aromatic N) is 1. The van der Waals surface area contributed by atoms with Crippen molar-refractivity contribution in [2.45, 2.75) is 45.6 Å². The van der Waals surface area contributed by atoms with Crippen molar-refractivity contribution >= 4 is 10.9 Å². The maximum Gasteiger partial charge on any atom is 0.150 e. The summed E-state index contributed by atoms with van der Waals surface area (Å²) in [7, 11) is 0. The van der Waals surface area contributed by atoms with Gasteiger partial charge >= 0.3 is 0 Å². The number of aromatic nitrogens is 1. The van der Waals surface area contributed by atoms with E-state index in [-0.39, 0.29) is 0 Å². The average molecular weight is 293 g/mol. The van der Waals surface area contributed by atoms with Crippen LogP contribution in [0.2, 0.25) is 0 Å². The molecule has 0 saturated heterocycles. The molecule has 2 nitrogen and oxygen atoms in total. The van der Waals surface area contributed by atoms with Crippen molar-refractivity contribution in [3.05, 3.63) is 48.2 Å². The third-order valence-corrected chi connectivity index (χ3v) is 5.00. The molecule has 4 rings (SSSR count). The minimum absolute atomic E-state index is 0.805. The molecular formula is C20H23NO. The Hall–Kier alpha value is -1.96. The normalized spacial score (nSPS) is 16.4. The largest absolute Gasteiger partial charge is 0.463 e. The van der Waals surface area contributed by atoms with Crippen LogP contribution in [0.1, 0.15) is 37.7 Å². The first-order chi connectivity index (χ1) is 10.8. The van der Waals surface area contributed by atoms with E-state index < -0.39 is 0 Å². The number of rotatable bonds is 3. The molecule has 0 aliphatic heterocycles. The third kappa shape index (κ3) is 2.47. The maximum absolute atomic E-state index is 5.69. The molecule has 2 aromatic heterocycles. The first kappa shape index (κ1) is 13.7. The summed E-state index contributed by atoms with van der Waals surface area (Å²) in [5, 5.41) is 1.32. The van der Waals surface area contributed by atoms with Crippen LogP contribution >= 0.6 is 0 Å². The van der Waals surface area contributed by atoms with Gasteiger partial charge in [-0.2, -0.15) is 0 Å². The average Bonchev–Trinajstić information content (AvgIpc) is 3.16. The molecule has 0 amide bonds. The zero-order chi connectivity index (χ0) is 14.9. The predicted molar refractivity (Wildman–Crippen MR) is 91.0 cm³/mol. The summed E-state index contributed by atoms with van der Waals surface area (Å²) in [6, 6.07) is 13.1. The van der Waals surface area contributed by atoms with E-state index in [1.54, 1.807) is 6.26 Å². The third-order valence-electron chi connectivity index (χ3n) is 5.00. The Morgan fingerprint density at radius 2 is 1.95 bits per heavy atom. The molecule has 1 aliphatic carbocycles. The molecule has 3 aromatic rings. The number of furan rings is 1. The van der Waals surface area contributed by atoms with Crippen LogP contribution in [0.25, 0.3) is 22.4 Å². The van der Waals surface area contributed by atoms with Gasteiger partial charge in [-0.15, -0.1) is 0 Å². The van der Waals surface area contributed by atoms with Gasteiger partial charge in [0.2, 0.25) is 0 Å². The Morgan fingerprint density at radius 3 is 2.73 bits per heavy atom. The Balaban J connectivity index is 1.80. The zero-order valence-electron chi connectivity index (χ0n) is 13.2. The lowest BCUT2D eigenvalue weighted by molar-refractivity contribution is 0.323. The lowest BCUT2D eigenvalue weighted by Gasteiger charge is -2.23. The highest BCUT2D eigenvalue weighted by Gasteiger charge is 2.19. The molecule has 2 heterocycles. The minimum Gasteiger partial charge on any atom is -0.463 e. The van der Waals surface area contributed by atoms with E-state index in [0.717, 1.165) is 18.2 Å². The predicted octanol–water partition coefficient (Wildman–Crippen LogP) is 5.79. The summed E-state index contributed by atoms with van der Waals surface area (Å²) in [5.41, 5.74) is 3.87. The molecule has 1 aliphatic rings. The molecule has 1 fully saturated rings. The van der Waals surface area contributed by atoms with Gasteiger partial charge in [-0.25, -0.2) is 0 Å². The molecule has 2 heteroatoms. The van der Waals surface area contributed by atoms with Gasteiger partial charge in [0.25, 0.3) is 0 Å². The number of benzene rings is 1. The molecular weight excluding hydrogens is 270 g/mol. The van der Waals surface area contributed by atoms with Crippen molar-refractivity contribution in [1.29, 1.82) is 0 Å². The summed E-state index contributed by atoms with van der Waals surface area (Å²) < 4.78 is 8.16. The molecule has 1 saturated carbocycles. The fourth-order valence-corrected chi connectivity index (χ4v) is 3.84. The molecule has 0 atom stereocenters. The number of fused-ring (bicyclic) bond motifs is 1. The van der Waals surface area contributed by atoms with Gasteiger partial charge < -0.3 is 8.98 Å². The molecule has 0 bridgehead atoms. The van der Waals surface area contributed by atoms with Gasteiger partial charge in [0.05, 0.1) is 12.0 Å². The molecule has 114 valence electrons. The van der Waals surface area contributed by atoms with E-state index in [0.29, 0.717) is 0 Å². The van der Waals surface area contributed by atoms with Crippen molar-refractivity contribution in [2.75, 3.05) is 0 Å². The lowest BCUT2D eigenvalue weighted by Crippen LogP contribution is -2.14. The van der Waals surface area contributed by atoms with Crippen LogP contribution in [-0.2, 0) is 6.54 Å². The molecule has 0 N–H and O–H groups in total. The van der Waals surface area contributed by atoms with E-state index in [9.17, 15) is 0 Å². The van der Waals surface area contributed by atoms with Crippen LogP contribution < -0.4 is 0 Å². The SMILES string of the molecule is Cc1ccc2c(c1)cc(-c1ccco1)n2CC1CCCCC1. The van der Waals surface area contributed by atoms with Crippen molar-refractivity contribution < 1.29 is 4.42 Å². The monoisotopic (exact) mass is 293 g/mol. The second-order valence-electron chi connectivity index (χ2n) is 6.68. The Morgan fingerprint density at radius 1 is 1.09 bits per heavy atom. The van der Waals surface area contributed by atoms with E-state index in [1.165, 1.54) is 54.3 Å². The maximum atomic E-state index is 5.69. The van der Waals surface area contributed by atoms with Crippen LogP contribution in [0.15, 0.2) is 47.1 Å². The Kier molecular flexibility index (Phi) is 3.53. The zero-order valence-corrected chi connectivity index (χ0v) is 13.2. The first-order valence-electron chi connectivity index (χ1n) is 8.45. The molecule has 0 unspecified atom stereocenters. The minimum atomic E-state index is 0.805. The fourth-order valence-electron chi connectivity index (χ4n) is 3.84. The van der Waals surface area contributed by atoms with Crippen molar-refractivity contribution in [1.82, 2.24) is 4.57 Å². The molecule has 0 spiro atoms. The van der Waals surface area contributed by atoms with Gasteiger partial charge in [0.15, 0.2) is 0 Å². The van der Waals surface area contributed by atoms with Gasteiger partial charge in [0, 0.05) is 17.4 Å². The smallest absolute Gasteiger partial charge is 0.150 e. The van der Waals surface area contributed by atoms with E-state index >= 15 is 0 Å².